The van der Waals surface area contributed by atoms with Gasteiger partial charge >= 0.3 is 102 Å². The van der Waals surface area contributed by atoms with E-state index in [1.807, 2.05) is 0 Å². The molecule has 0 bridgehead atoms. The fraction of sp³-hybridized carbons (Fsp3) is 0.200. The number of carbonyl (C=O) groups excluding carboxylic acids is 2. The van der Waals surface area contributed by atoms with Gasteiger partial charge in [0.25, 0.3) is 0 Å². The van der Waals surface area contributed by atoms with E-state index in [-0.39, 0.29) is 11.8 Å². The number of rotatable bonds is 3. The Bertz CT molecular complexity index is 379. The van der Waals surface area contributed by atoms with E-state index in [0.717, 1.165) is 0 Å². The third-order valence-electron chi connectivity index (χ3n) is 1.73. The number of amides is 2. The van der Waals surface area contributed by atoms with Gasteiger partial charge in [0.05, 0.1) is 0 Å². The summed E-state index contributed by atoms with van der Waals surface area (Å²) in [4.78, 5) is 22.5. The zero-order chi connectivity index (χ0) is 11.3. The summed E-state index contributed by atoms with van der Waals surface area (Å²) in [6, 6.07) is 6.94. The molecule has 0 atom stereocenters. The van der Waals surface area contributed by atoms with Crippen LogP contribution in [-0.2, 0) is 4.79 Å². The number of benzene rings is 1. The molecule has 5 heteroatoms. The Morgan fingerprint density at radius 2 is 2.00 bits per heavy atom. The molecule has 0 aromatic heterocycles. The molecule has 77 valence electrons. The van der Waals surface area contributed by atoms with E-state index < -0.39 is 0 Å². The zero-order valence-corrected chi connectivity index (χ0v) is 11.2. The van der Waals surface area contributed by atoms with Crippen molar-refractivity contribution < 1.29 is 9.59 Å². The van der Waals surface area contributed by atoms with Crippen molar-refractivity contribution in [2.24, 2.45) is 0 Å². The normalized spacial score (nSPS) is 9.47. The Kier molecular flexibility index (Phi) is 4.61. The van der Waals surface area contributed by atoms with Crippen LogP contribution in [0.1, 0.15) is 17.3 Å². The van der Waals surface area contributed by atoms with Crippen molar-refractivity contribution in [2.45, 2.75) is 6.92 Å². The van der Waals surface area contributed by atoms with Crippen LogP contribution in [0.25, 0.3) is 0 Å². The van der Waals surface area contributed by atoms with Crippen molar-refractivity contribution in [2.75, 3.05) is 9.88 Å². The molecule has 1 aromatic rings. The predicted molar refractivity (Wildman–Crippen MR) is 58.8 cm³/mol. The summed E-state index contributed by atoms with van der Waals surface area (Å²) in [5, 5.41) is 5.35. The molecule has 0 aliphatic rings. The van der Waals surface area contributed by atoms with Crippen molar-refractivity contribution in [1.29, 1.82) is 0 Å². The maximum atomic E-state index is 11.6. The number of anilines is 1. The van der Waals surface area contributed by atoms with Gasteiger partial charge in [-0.3, -0.25) is 0 Å². The zero-order valence-electron chi connectivity index (χ0n) is 8.33. The van der Waals surface area contributed by atoms with Crippen molar-refractivity contribution >= 4 is 40.0 Å². The van der Waals surface area contributed by atoms with Crippen LogP contribution in [0, 0.1) is 0 Å². The third kappa shape index (κ3) is 3.54. The van der Waals surface area contributed by atoms with E-state index >= 15 is 0 Å². The van der Waals surface area contributed by atoms with E-state index in [9.17, 15) is 9.59 Å². The molecular formula is C10H11N2O2Sn. The van der Waals surface area contributed by atoms with Gasteiger partial charge in [0, 0.05) is 0 Å². The monoisotopic (exact) mass is 311 g/mol. The number of para-hydroxylation sites is 1. The second kappa shape index (κ2) is 5.75. The van der Waals surface area contributed by atoms with Crippen molar-refractivity contribution in [3.63, 3.8) is 0 Å². The molecule has 0 saturated heterocycles. The Balaban J connectivity index is 2.95. The molecule has 0 fully saturated rings. The molecule has 0 unspecified atom stereocenters. The molecule has 0 aliphatic carbocycles. The molecule has 0 aliphatic heterocycles. The first-order chi connectivity index (χ1) is 7.15. The average molecular weight is 310 g/mol. The average Bonchev–Trinajstić information content (AvgIpc) is 2.18. The summed E-state index contributed by atoms with van der Waals surface area (Å²) in [6.07, 6.45) is 0. The van der Waals surface area contributed by atoms with Gasteiger partial charge in [-0.05, 0) is 0 Å². The summed E-state index contributed by atoms with van der Waals surface area (Å²) >= 11 is 1.24. The molecule has 0 spiro atoms. The number of carbonyl (C=O) groups is 2. The summed E-state index contributed by atoms with van der Waals surface area (Å²) in [5.74, 6) is -0.339. The van der Waals surface area contributed by atoms with E-state index in [0.29, 0.717) is 15.8 Å². The van der Waals surface area contributed by atoms with E-state index in [1.165, 1.54) is 29.4 Å². The minimum absolute atomic E-state index is 0.156. The second-order valence-corrected chi connectivity index (χ2v) is 3.92. The Labute approximate surface area is 102 Å². The Morgan fingerprint density at radius 1 is 1.33 bits per heavy atom. The van der Waals surface area contributed by atoms with Gasteiger partial charge in [-0.1, -0.05) is 0 Å². The Hall–Kier alpha value is -1.04. The minimum atomic E-state index is -0.183. The van der Waals surface area contributed by atoms with E-state index in [4.69, 9.17) is 0 Å². The van der Waals surface area contributed by atoms with Crippen LogP contribution in [0.5, 0.6) is 0 Å². The van der Waals surface area contributed by atoms with Crippen LogP contribution in [0.2, 0.25) is 0 Å². The molecule has 3 radical (unpaired) electrons. The molecule has 1 rings (SSSR count). The summed E-state index contributed by atoms with van der Waals surface area (Å²) < 4.78 is 0.653. The fourth-order valence-corrected chi connectivity index (χ4v) is 1.61. The molecular weight excluding hydrogens is 299 g/mol. The molecule has 2 N–H and O–H groups in total. The summed E-state index contributed by atoms with van der Waals surface area (Å²) in [6.45, 7) is 1.42. The summed E-state index contributed by atoms with van der Waals surface area (Å²) in [5.41, 5.74) is 1.04. The van der Waals surface area contributed by atoms with Gasteiger partial charge in [0.1, 0.15) is 0 Å². The third-order valence-corrected chi connectivity index (χ3v) is 2.24. The summed E-state index contributed by atoms with van der Waals surface area (Å²) in [7, 11) is 0. The van der Waals surface area contributed by atoms with Gasteiger partial charge in [-0.15, -0.1) is 0 Å². The van der Waals surface area contributed by atoms with Crippen molar-refractivity contribution in [3.05, 3.63) is 29.8 Å². The van der Waals surface area contributed by atoms with E-state index in [2.05, 4.69) is 10.6 Å². The van der Waals surface area contributed by atoms with Crippen LogP contribution in [0.4, 0.5) is 5.69 Å². The van der Waals surface area contributed by atoms with Crippen LogP contribution in [0.15, 0.2) is 24.3 Å². The molecule has 15 heavy (non-hydrogen) atoms. The molecule has 0 saturated carbocycles. The van der Waals surface area contributed by atoms with Crippen molar-refractivity contribution in [1.82, 2.24) is 5.32 Å². The van der Waals surface area contributed by atoms with Crippen LogP contribution >= 0.6 is 0 Å². The predicted octanol–water partition coefficient (Wildman–Crippen LogP) is 0.501. The Morgan fingerprint density at radius 3 is 2.60 bits per heavy atom. The molecule has 4 nitrogen and oxygen atoms in total. The number of hydrogen-bond acceptors (Lipinski definition) is 2. The second-order valence-electron chi connectivity index (χ2n) is 2.91. The van der Waals surface area contributed by atoms with Gasteiger partial charge in [-0.25, -0.2) is 0 Å². The van der Waals surface area contributed by atoms with Crippen LogP contribution in [-0.4, -0.2) is 38.9 Å². The standard InChI is InChI=1S/C10H11N2O2.Sn/c1-7(13)12-9-6-4-3-5-8(9)10(14)11-2;/h3-6H,2H2,1H3,(H,11,14)(H,12,13);. The van der Waals surface area contributed by atoms with Crippen LogP contribution < -0.4 is 10.6 Å². The maximum absolute atomic E-state index is 11.6. The van der Waals surface area contributed by atoms with E-state index in [1.54, 1.807) is 24.3 Å². The van der Waals surface area contributed by atoms with Crippen molar-refractivity contribution in [3.8, 4) is 0 Å². The first-order valence-corrected chi connectivity index (χ1v) is 6.46. The molecule has 2 amide bonds. The van der Waals surface area contributed by atoms with Gasteiger partial charge in [0.15, 0.2) is 0 Å². The molecule has 0 heterocycles. The van der Waals surface area contributed by atoms with Gasteiger partial charge < -0.3 is 0 Å². The quantitative estimate of drug-likeness (QED) is 0.799. The number of hydrogen-bond donors (Lipinski definition) is 2. The molecule has 1 aromatic carbocycles. The van der Waals surface area contributed by atoms with Crippen LogP contribution in [0.3, 0.4) is 0 Å². The first-order valence-electron chi connectivity index (χ1n) is 4.44. The number of nitrogens with one attached hydrogen (secondary N) is 2. The van der Waals surface area contributed by atoms with Gasteiger partial charge in [0.2, 0.25) is 0 Å². The fourth-order valence-electron chi connectivity index (χ4n) is 1.16. The van der Waals surface area contributed by atoms with Gasteiger partial charge in [-0.2, -0.15) is 0 Å². The SMILES string of the molecule is CC(=O)Nc1ccccc1C(=O)N[CH2][Sn]. The topological polar surface area (TPSA) is 58.2 Å². The first kappa shape index (κ1) is 12.0.